The molecule has 1 atom stereocenters. The van der Waals surface area contributed by atoms with Crippen molar-refractivity contribution in [1.29, 1.82) is 0 Å². The van der Waals surface area contributed by atoms with E-state index in [0.717, 1.165) is 6.42 Å². The molecule has 1 unspecified atom stereocenters. The molecule has 0 N–H and O–H groups in total. The molecule has 0 nitrogen and oxygen atoms in total. The molecule has 2 aliphatic rings. The summed E-state index contributed by atoms with van der Waals surface area (Å²) in [6, 6.07) is 16.1. The molecule has 2 aromatic rings. The molecule has 0 radical (unpaired) electrons. The number of benzene rings is 2. The Kier molecular flexibility index (Phi) is 7.94. The normalized spacial score (nSPS) is 16.4. The van der Waals surface area contributed by atoms with E-state index in [9.17, 15) is 0 Å². The Bertz CT molecular complexity index is 1020. The molecule has 0 bridgehead atoms. The fraction of sp³-hybridized carbons (Fsp3) is 0.320. The van der Waals surface area contributed by atoms with Crippen molar-refractivity contribution in [3.63, 3.8) is 0 Å². The second-order valence-electron chi connectivity index (χ2n) is 9.30. The van der Waals surface area contributed by atoms with E-state index in [1.807, 2.05) is 0 Å². The van der Waals surface area contributed by atoms with Crippen molar-refractivity contribution < 1.29 is 46.1 Å². The Hall–Kier alpha value is -0.530. The molecule has 29 heavy (non-hydrogen) atoms. The zero-order chi connectivity index (χ0) is 19.3. The summed E-state index contributed by atoms with van der Waals surface area (Å²) in [5.74, 6) is 0.621. The summed E-state index contributed by atoms with van der Waals surface area (Å²) >= 11 is -2.04. The van der Waals surface area contributed by atoms with E-state index >= 15 is 0 Å². The van der Waals surface area contributed by atoms with Crippen molar-refractivity contribution >= 4 is 14.6 Å². The maximum atomic E-state index is 2.64. The Morgan fingerprint density at radius 1 is 0.931 bits per heavy atom. The first-order valence-corrected chi connectivity index (χ1v) is 17.3. The van der Waals surface area contributed by atoms with E-state index in [0.29, 0.717) is 5.92 Å². The molecule has 152 valence electrons. The Balaban J connectivity index is 0.00000150. The number of halogens is 2. The molecule has 0 heterocycles. The zero-order valence-electron chi connectivity index (χ0n) is 18.2. The minimum absolute atomic E-state index is 0. The van der Waals surface area contributed by atoms with Gasteiger partial charge in [0.2, 0.25) is 0 Å². The quantitative estimate of drug-likeness (QED) is 0.429. The van der Waals surface area contributed by atoms with Crippen LogP contribution in [0.5, 0.6) is 0 Å². The van der Waals surface area contributed by atoms with Gasteiger partial charge in [-0.1, -0.05) is 0 Å². The second-order valence-corrected chi connectivity index (χ2v) is 21.4. The van der Waals surface area contributed by atoms with Gasteiger partial charge in [0.15, 0.2) is 0 Å². The van der Waals surface area contributed by atoms with Crippen LogP contribution in [0.4, 0.5) is 0 Å². The number of hydrogen-bond acceptors (Lipinski definition) is 0. The minimum atomic E-state index is -2.04. The van der Waals surface area contributed by atoms with Crippen molar-refractivity contribution in [3.05, 3.63) is 74.2 Å². The van der Waals surface area contributed by atoms with Crippen LogP contribution in [0.25, 0.3) is 11.1 Å². The van der Waals surface area contributed by atoms with Crippen LogP contribution in [0.3, 0.4) is 0 Å². The summed E-state index contributed by atoms with van der Waals surface area (Å²) < 4.78 is 5.21. The first-order valence-electron chi connectivity index (χ1n) is 10.1. The molecule has 0 spiro atoms. The van der Waals surface area contributed by atoms with Crippen molar-refractivity contribution in [2.75, 3.05) is 0 Å². The minimum Gasteiger partial charge on any atom is -1.00 e. The standard InChI is InChI=1S/C13H9.C9H15Si.C3H6.2ClH.Zr/c1-3-7-12-10(5-1)9-11-6-2-4-8-13(11)12;1-8-5-6-9(7-8)10(2,3)4;1-3-2;;;/h1-5,7-8H,9H2;6-8H,1-4H3;1-2H3;2*1H;/q;;;;;+2/p-2. The van der Waals surface area contributed by atoms with Crippen LogP contribution in [0.15, 0.2) is 63.1 Å². The molecule has 2 aromatic carbocycles. The molecular formula is C25H30Cl2SiZr. The van der Waals surface area contributed by atoms with Crippen molar-refractivity contribution in [2.45, 2.75) is 46.8 Å². The summed E-state index contributed by atoms with van der Waals surface area (Å²) in [5.41, 5.74) is 6.09. The van der Waals surface area contributed by atoms with Gasteiger partial charge in [0, 0.05) is 0 Å². The zero-order valence-corrected chi connectivity index (χ0v) is 23.2. The Morgan fingerprint density at radius 3 is 2.21 bits per heavy atom. The number of allylic oxidation sites excluding steroid dienone is 4. The number of hydrogen-bond donors (Lipinski definition) is 0. The van der Waals surface area contributed by atoms with Crippen LogP contribution in [-0.4, -0.2) is 11.3 Å². The third kappa shape index (κ3) is 4.57. The van der Waals surface area contributed by atoms with Gasteiger partial charge in [-0.2, -0.15) is 0 Å². The van der Waals surface area contributed by atoms with Gasteiger partial charge >= 0.3 is 174 Å². The third-order valence-corrected chi connectivity index (χ3v) is 15.9. The molecule has 0 saturated heterocycles. The van der Waals surface area contributed by atoms with Gasteiger partial charge in [-0.25, -0.2) is 0 Å². The molecule has 4 heteroatoms. The van der Waals surface area contributed by atoms with Gasteiger partial charge in [-0.05, 0) is 0 Å². The first kappa shape index (κ1) is 24.7. The van der Waals surface area contributed by atoms with Gasteiger partial charge in [0.05, 0.1) is 0 Å². The van der Waals surface area contributed by atoms with Crippen molar-refractivity contribution in [2.24, 2.45) is 5.92 Å². The van der Waals surface area contributed by atoms with Gasteiger partial charge in [-0.3, -0.25) is 0 Å². The second kappa shape index (κ2) is 9.31. The molecule has 0 amide bonds. The van der Waals surface area contributed by atoms with Crippen molar-refractivity contribution in [1.82, 2.24) is 0 Å². The fourth-order valence-corrected chi connectivity index (χ4v) is 13.8. The molecule has 0 aliphatic heterocycles. The third-order valence-electron chi connectivity index (χ3n) is 6.01. The first-order chi connectivity index (χ1) is 12.8. The largest absolute Gasteiger partial charge is 1.00 e. The average Bonchev–Trinajstić information content (AvgIpc) is 3.16. The number of fused-ring (bicyclic) bond motifs is 3. The average molecular weight is 521 g/mol. The van der Waals surface area contributed by atoms with Crippen LogP contribution in [-0.2, 0) is 27.7 Å². The molecule has 2 aliphatic carbocycles. The van der Waals surface area contributed by atoms with Crippen LogP contribution >= 0.6 is 0 Å². The van der Waals surface area contributed by atoms with E-state index in [1.54, 1.807) is 20.5 Å². The van der Waals surface area contributed by atoms with Crippen LogP contribution < -0.4 is 28.1 Å². The fourth-order valence-electron chi connectivity index (χ4n) is 4.58. The number of rotatable bonds is 3. The topological polar surface area (TPSA) is 0 Å². The molecular weight excluding hydrogens is 490 g/mol. The monoisotopic (exact) mass is 518 g/mol. The molecule has 0 fully saturated rings. The summed E-state index contributed by atoms with van der Waals surface area (Å²) in [6.45, 7) is 14.7. The van der Waals surface area contributed by atoms with Crippen LogP contribution in [0.1, 0.15) is 31.9 Å². The Labute approximate surface area is 197 Å². The van der Waals surface area contributed by atoms with Gasteiger partial charge in [0.1, 0.15) is 0 Å². The SMILES string of the molecule is C[C](C)=[Zr+2]([C]1=CC([Si](C)(C)C)=CC1C)[c]1cccc2c1Cc1ccccc1-2.[Cl-].[Cl-]. The molecule has 4 rings (SSSR count). The predicted molar refractivity (Wildman–Crippen MR) is 119 cm³/mol. The molecule has 0 aromatic heterocycles. The Morgan fingerprint density at radius 2 is 1.59 bits per heavy atom. The summed E-state index contributed by atoms with van der Waals surface area (Å²) in [5, 5.41) is 1.67. The van der Waals surface area contributed by atoms with E-state index in [4.69, 9.17) is 0 Å². The summed E-state index contributed by atoms with van der Waals surface area (Å²) in [4.78, 5) is 0. The van der Waals surface area contributed by atoms with E-state index in [2.05, 4.69) is 95.0 Å². The van der Waals surface area contributed by atoms with E-state index < -0.39 is 29.3 Å². The predicted octanol–water partition coefficient (Wildman–Crippen LogP) is 0.0589. The van der Waals surface area contributed by atoms with Crippen molar-refractivity contribution in [3.8, 4) is 11.1 Å². The smallest absolute Gasteiger partial charge is 1.00 e. The van der Waals surface area contributed by atoms with Crippen LogP contribution in [0, 0.1) is 5.92 Å². The summed E-state index contributed by atoms with van der Waals surface area (Å²) in [7, 11) is -1.25. The van der Waals surface area contributed by atoms with Gasteiger partial charge < -0.3 is 24.8 Å². The van der Waals surface area contributed by atoms with Gasteiger partial charge in [-0.15, -0.1) is 0 Å². The summed E-state index contributed by atoms with van der Waals surface area (Å²) in [6.07, 6.45) is 6.35. The van der Waals surface area contributed by atoms with Gasteiger partial charge in [0.25, 0.3) is 0 Å². The maximum Gasteiger partial charge on any atom is -1.00 e. The van der Waals surface area contributed by atoms with E-state index in [1.165, 1.54) is 16.7 Å². The molecule has 0 saturated carbocycles. The van der Waals surface area contributed by atoms with E-state index in [-0.39, 0.29) is 24.8 Å². The maximum absolute atomic E-state index is 2.64. The van der Waals surface area contributed by atoms with Crippen LogP contribution in [0.2, 0.25) is 19.6 Å².